The van der Waals surface area contributed by atoms with Gasteiger partial charge in [-0.05, 0) is 97.7 Å². The van der Waals surface area contributed by atoms with E-state index in [0.29, 0.717) is 24.5 Å². The lowest BCUT2D eigenvalue weighted by atomic mass is 9.94. The minimum atomic E-state index is -0.780. The number of carboxylic acids is 1. The number of hydrogen-bond acceptors (Lipinski definition) is 5. The van der Waals surface area contributed by atoms with Crippen LogP contribution in [0.25, 0.3) is 11.1 Å². The first kappa shape index (κ1) is 25.2. The summed E-state index contributed by atoms with van der Waals surface area (Å²) in [6.45, 7) is 7.83. The Morgan fingerprint density at radius 3 is 2.57 bits per heavy atom. The van der Waals surface area contributed by atoms with Gasteiger partial charge in [0.25, 0.3) is 0 Å². The second-order valence-electron chi connectivity index (χ2n) is 10.9. The second-order valence-corrected chi connectivity index (χ2v) is 10.9. The highest BCUT2D eigenvalue weighted by Crippen LogP contribution is 2.61. The van der Waals surface area contributed by atoms with Crippen molar-refractivity contribution in [3.63, 3.8) is 0 Å². The first-order chi connectivity index (χ1) is 17.5. The summed E-state index contributed by atoms with van der Waals surface area (Å²) in [6.07, 6.45) is 2.96. The predicted octanol–water partition coefficient (Wildman–Crippen LogP) is 5.59. The van der Waals surface area contributed by atoms with Crippen molar-refractivity contribution in [3.05, 3.63) is 76.2 Å². The van der Waals surface area contributed by atoms with Gasteiger partial charge < -0.3 is 19.7 Å². The zero-order chi connectivity index (χ0) is 26.5. The van der Waals surface area contributed by atoms with Crippen LogP contribution in [-0.2, 0) is 17.8 Å². The number of benzene rings is 2. The quantitative estimate of drug-likeness (QED) is 0.394. The largest absolute Gasteiger partial charge is 0.493 e. The molecule has 3 aromatic rings. The van der Waals surface area contributed by atoms with Crippen molar-refractivity contribution >= 4 is 5.97 Å². The van der Waals surface area contributed by atoms with Crippen molar-refractivity contribution < 1.29 is 28.9 Å². The molecular formula is C30H32FNO5. The van der Waals surface area contributed by atoms with Gasteiger partial charge in [-0.2, -0.15) is 0 Å². The van der Waals surface area contributed by atoms with Gasteiger partial charge in [0.1, 0.15) is 18.2 Å². The molecule has 2 N–H and O–H groups in total. The molecule has 0 aliphatic heterocycles. The van der Waals surface area contributed by atoms with Gasteiger partial charge >= 0.3 is 5.97 Å². The van der Waals surface area contributed by atoms with Gasteiger partial charge in [0.05, 0.1) is 18.1 Å². The van der Waals surface area contributed by atoms with Crippen molar-refractivity contribution in [2.24, 2.45) is 11.8 Å². The number of aliphatic carboxylic acids is 1. The molecule has 5 rings (SSSR count). The maximum atomic E-state index is 14.8. The highest BCUT2D eigenvalue weighted by Gasteiger charge is 2.59. The van der Waals surface area contributed by atoms with E-state index >= 15 is 0 Å². The maximum Gasteiger partial charge on any atom is 0.307 e. The van der Waals surface area contributed by atoms with Crippen LogP contribution in [0.15, 0.2) is 42.6 Å². The number of rotatable bonds is 9. The van der Waals surface area contributed by atoms with E-state index in [1.165, 1.54) is 6.07 Å². The molecule has 37 heavy (non-hydrogen) atoms. The number of nitrogens with zero attached hydrogens (tertiary/aromatic N) is 1. The summed E-state index contributed by atoms with van der Waals surface area (Å²) in [6, 6.07) is 11.0. The summed E-state index contributed by atoms with van der Waals surface area (Å²) in [4.78, 5) is 15.7. The summed E-state index contributed by atoms with van der Waals surface area (Å²) in [7, 11) is 0. The molecule has 194 valence electrons. The molecule has 0 amide bonds. The Morgan fingerprint density at radius 2 is 1.86 bits per heavy atom. The SMILES string of the molecule is Cc1cc(OCCC(C)(C)O)ccc1-c1cc(COc2cc3c(cn2)[C@H]2[C@@H](C3)[C@@H]2C(=O)O)c(F)cc1C. The molecule has 2 aliphatic rings. The summed E-state index contributed by atoms with van der Waals surface area (Å²) in [5.41, 5.74) is 5.45. The van der Waals surface area contributed by atoms with E-state index in [0.717, 1.165) is 45.6 Å². The van der Waals surface area contributed by atoms with Crippen LogP contribution in [0.3, 0.4) is 0 Å². The average molecular weight is 506 g/mol. The van der Waals surface area contributed by atoms with Crippen molar-refractivity contribution in [1.29, 1.82) is 0 Å². The molecule has 2 aromatic carbocycles. The Morgan fingerprint density at radius 1 is 1.11 bits per heavy atom. The molecule has 0 unspecified atom stereocenters. The van der Waals surface area contributed by atoms with Crippen LogP contribution in [0.2, 0.25) is 0 Å². The zero-order valence-electron chi connectivity index (χ0n) is 21.5. The first-order valence-electron chi connectivity index (χ1n) is 12.6. The lowest BCUT2D eigenvalue weighted by Crippen LogP contribution is -2.21. The number of aliphatic hydroxyl groups is 1. The maximum absolute atomic E-state index is 14.8. The predicted molar refractivity (Wildman–Crippen MR) is 137 cm³/mol. The summed E-state index contributed by atoms with van der Waals surface area (Å²) in [5.74, 6) is -0.0122. The molecule has 7 heteroatoms. The molecular weight excluding hydrogens is 473 g/mol. The lowest BCUT2D eigenvalue weighted by molar-refractivity contribution is -0.139. The smallest absolute Gasteiger partial charge is 0.307 e. The zero-order valence-corrected chi connectivity index (χ0v) is 21.5. The summed E-state index contributed by atoms with van der Waals surface area (Å²) < 4.78 is 26.5. The minimum absolute atomic E-state index is 0.0344. The van der Waals surface area contributed by atoms with Gasteiger partial charge in [-0.25, -0.2) is 9.37 Å². The van der Waals surface area contributed by atoms with E-state index in [-0.39, 0.29) is 30.2 Å². The Labute approximate surface area is 216 Å². The van der Waals surface area contributed by atoms with Gasteiger partial charge in [-0.3, -0.25) is 4.79 Å². The van der Waals surface area contributed by atoms with Crippen LogP contribution in [0.5, 0.6) is 11.6 Å². The van der Waals surface area contributed by atoms with Crippen molar-refractivity contribution in [2.45, 2.75) is 58.7 Å². The van der Waals surface area contributed by atoms with Gasteiger partial charge in [0, 0.05) is 30.2 Å². The number of aromatic nitrogens is 1. The average Bonchev–Trinajstić information content (AvgIpc) is 3.41. The van der Waals surface area contributed by atoms with E-state index in [1.807, 2.05) is 44.2 Å². The van der Waals surface area contributed by atoms with Crippen LogP contribution in [0, 0.1) is 31.5 Å². The minimum Gasteiger partial charge on any atom is -0.493 e. The lowest BCUT2D eigenvalue weighted by Gasteiger charge is -2.18. The van der Waals surface area contributed by atoms with E-state index < -0.39 is 11.6 Å². The summed E-state index contributed by atoms with van der Waals surface area (Å²) in [5, 5.41) is 19.2. The number of carboxylic acid groups (broad SMARTS) is 1. The number of halogens is 1. The first-order valence-corrected chi connectivity index (χ1v) is 12.6. The normalized spacial score (nSPS) is 19.8. The number of aryl methyl sites for hydroxylation is 2. The Bertz CT molecular complexity index is 1360. The number of pyridine rings is 1. The number of carbonyl (C=O) groups is 1. The number of hydrogen-bond donors (Lipinski definition) is 2. The molecule has 1 aromatic heterocycles. The summed E-state index contributed by atoms with van der Waals surface area (Å²) >= 11 is 0. The molecule has 1 saturated carbocycles. The molecule has 0 bridgehead atoms. The molecule has 0 saturated heterocycles. The molecule has 1 fully saturated rings. The monoisotopic (exact) mass is 505 g/mol. The topological polar surface area (TPSA) is 88.9 Å². The molecule has 6 nitrogen and oxygen atoms in total. The third-order valence-electron chi connectivity index (χ3n) is 7.51. The van der Waals surface area contributed by atoms with Crippen molar-refractivity contribution in [1.82, 2.24) is 4.98 Å². The van der Waals surface area contributed by atoms with Crippen LogP contribution in [0.4, 0.5) is 4.39 Å². The standard InChI is InChI=1S/C30H32FNO5/c1-16-9-20(36-8-7-30(3,4)35)5-6-21(16)22-12-19(25(31)10-17(22)2)15-37-26-13-18-11-23-27(24(18)14-32-26)28(23)29(33)34/h5-6,9-10,12-14,23,27-28,35H,7-8,11,15H2,1-4H3,(H,33,34)/t23-,27-,28+/m1/s1. The van der Waals surface area contributed by atoms with Gasteiger partial charge in [0.15, 0.2) is 0 Å². The van der Waals surface area contributed by atoms with E-state index in [4.69, 9.17) is 9.47 Å². The van der Waals surface area contributed by atoms with E-state index in [1.54, 1.807) is 20.0 Å². The van der Waals surface area contributed by atoms with Gasteiger partial charge in [-0.1, -0.05) is 6.07 Å². The number of ether oxygens (including phenoxy) is 2. The van der Waals surface area contributed by atoms with E-state index in [9.17, 15) is 19.4 Å². The Balaban J connectivity index is 1.29. The van der Waals surface area contributed by atoms with Crippen LogP contribution in [-0.4, -0.2) is 33.4 Å². The second kappa shape index (κ2) is 9.45. The van der Waals surface area contributed by atoms with Gasteiger partial charge in [-0.15, -0.1) is 0 Å². The number of fused-ring (bicyclic) bond motifs is 3. The highest BCUT2D eigenvalue weighted by molar-refractivity contribution is 5.77. The van der Waals surface area contributed by atoms with Crippen LogP contribution < -0.4 is 9.47 Å². The van der Waals surface area contributed by atoms with Crippen molar-refractivity contribution in [2.75, 3.05) is 6.61 Å². The molecule has 3 atom stereocenters. The van der Waals surface area contributed by atoms with Gasteiger partial charge in [0.2, 0.25) is 5.88 Å². The molecule has 0 spiro atoms. The van der Waals surface area contributed by atoms with E-state index in [2.05, 4.69) is 4.98 Å². The third kappa shape index (κ3) is 5.18. The van der Waals surface area contributed by atoms with Crippen LogP contribution >= 0.6 is 0 Å². The molecule has 2 aliphatic carbocycles. The molecule has 1 heterocycles. The fourth-order valence-electron chi connectivity index (χ4n) is 5.40. The third-order valence-corrected chi connectivity index (χ3v) is 7.51. The van der Waals surface area contributed by atoms with Crippen molar-refractivity contribution in [3.8, 4) is 22.8 Å². The highest BCUT2D eigenvalue weighted by atomic mass is 19.1. The fourth-order valence-corrected chi connectivity index (χ4v) is 5.40. The van der Waals surface area contributed by atoms with Crippen LogP contribution in [0.1, 0.15) is 54.0 Å². The fraction of sp³-hybridized carbons (Fsp3) is 0.400. The molecule has 0 radical (unpaired) electrons. The Kier molecular flexibility index (Phi) is 6.44. The Hall–Kier alpha value is -3.45.